The van der Waals surface area contributed by atoms with Crippen LogP contribution in [0.2, 0.25) is 0 Å². The summed E-state index contributed by atoms with van der Waals surface area (Å²) < 4.78 is 0. The van der Waals surface area contributed by atoms with E-state index >= 15 is 0 Å². The molecule has 1 aromatic rings. The van der Waals surface area contributed by atoms with E-state index in [0.717, 1.165) is 30.8 Å². The van der Waals surface area contributed by atoms with E-state index in [1.807, 2.05) is 6.92 Å². The van der Waals surface area contributed by atoms with Crippen LogP contribution in [-0.4, -0.2) is 9.97 Å². The number of aryl methyl sites for hydroxylation is 3. The predicted molar refractivity (Wildman–Crippen MR) is 50.1 cm³/mol. The molecule has 0 aliphatic carbocycles. The fraction of sp³-hybridized carbons (Fsp3) is 0.600. The van der Waals surface area contributed by atoms with Crippen LogP contribution in [-0.2, 0) is 12.8 Å². The molecule has 0 aliphatic heterocycles. The average Bonchev–Trinajstić information content (AvgIpc) is 2.04. The lowest BCUT2D eigenvalue weighted by molar-refractivity contribution is 0.836. The lowest BCUT2D eigenvalue weighted by atomic mass is 10.2. The van der Waals surface area contributed by atoms with E-state index in [-0.39, 0.29) is 0 Å². The largest absolute Gasteiger partial charge is 0.238 e. The Hall–Kier alpha value is -0.920. The lowest BCUT2D eigenvalue weighted by Crippen LogP contribution is -1.99. The van der Waals surface area contributed by atoms with Crippen molar-refractivity contribution in [2.75, 3.05) is 0 Å². The Bertz CT molecular complexity index is 256. The van der Waals surface area contributed by atoms with Crippen molar-refractivity contribution in [3.63, 3.8) is 0 Å². The van der Waals surface area contributed by atoms with E-state index in [4.69, 9.17) is 0 Å². The molecule has 0 unspecified atom stereocenters. The van der Waals surface area contributed by atoms with E-state index in [1.54, 1.807) is 0 Å². The molecule has 0 radical (unpaired) electrons. The quantitative estimate of drug-likeness (QED) is 0.685. The molecule has 0 saturated heterocycles. The summed E-state index contributed by atoms with van der Waals surface area (Å²) in [5, 5.41) is 0. The first-order chi connectivity index (χ1) is 5.76. The first kappa shape index (κ1) is 9.17. The molecule has 2 heteroatoms. The summed E-state index contributed by atoms with van der Waals surface area (Å²) in [4.78, 5) is 8.68. The molecular weight excluding hydrogens is 148 g/mol. The van der Waals surface area contributed by atoms with E-state index in [9.17, 15) is 0 Å². The summed E-state index contributed by atoms with van der Waals surface area (Å²) in [5.41, 5.74) is 2.34. The number of hydrogen-bond acceptors (Lipinski definition) is 2. The zero-order valence-corrected chi connectivity index (χ0v) is 8.09. The maximum absolute atomic E-state index is 4.36. The molecule has 0 saturated carbocycles. The van der Waals surface area contributed by atoms with E-state index < -0.39 is 0 Å². The maximum Gasteiger partial charge on any atom is 0.125 e. The maximum atomic E-state index is 4.36. The summed E-state index contributed by atoms with van der Waals surface area (Å²) >= 11 is 0. The molecule has 1 aromatic heterocycles. The second-order valence-corrected chi connectivity index (χ2v) is 3.00. The molecule has 0 fully saturated rings. The second kappa shape index (κ2) is 4.19. The molecule has 0 bridgehead atoms. The van der Waals surface area contributed by atoms with Gasteiger partial charge in [-0.05, 0) is 25.8 Å². The van der Waals surface area contributed by atoms with Gasteiger partial charge in [0.05, 0.1) is 0 Å². The smallest absolute Gasteiger partial charge is 0.125 e. The van der Waals surface area contributed by atoms with Crippen LogP contribution in [0.15, 0.2) is 6.07 Å². The normalized spacial score (nSPS) is 10.2. The van der Waals surface area contributed by atoms with Crippen LogP contribution in [0.25, 0.3) is 0 Å². The van der Waals surface area contributed by atoms with Crippen molar-refractivity contribution >= 4 is 0 Å². The summed E-state index contributed by atoms with van der Waals surface area (Å²) in [7, 11) is 0. The van der Waals surface area contributed by atoms with Crippen molar-refractivity contribution in [1.29, 1.82) is 0 Å². The fourth-order valence-electron chi connectivity index (χ4n) is 1.26. The molecule has 1 rings (SSSR count). The molecule has 0 aliphatic rings. The van der Waals surface area contributed by atoms with Gasteiger partial charge in [0.1, 0.15) is 5.82 Å². The fourth-order valence-corrected chi connectivity index (χ4v) is 1.26. The van der Waals surface area contributed by atoms with Crippen molar-refractivity contribution in [3.05, 3.63) is 23.3 Å². The van der Waals surface area contributed by atoms with Crippen molar-refractivity contribution in [2.24, 2.45) is 0 Å². The second-order valence-electron chi connectivity index (χ2n) is 3.00. The molecule has 0 spiro atoms. The van der Waals surface area contributed by atoms with Gasteiger partial charge in [0, 0.05) is 11.4 Å². The predicted octanol–water partition coefficient (Wildman–Crippen LogP) is 2.30. The zero-order chi connectivity index (χ0) is 8.97. The minimum absolute atomic E-state index is 0.901. The van der Waals surface area contributed by atoms with Crippen LogP contribution in [0.5, 0.6) is 0 Å². The molecule has 0 N–H and O–H groups in total. The molecule has 1 heterocycles. The molecule has 0 aromatic carbocycles. The van der Waals surface area contributed by atoms with Gasteiger partial charge in [-0.25, -0.2) is 9.97 Å². The third-order valence-electron chi connectivity index (χ3n) is 1.81. The number of rotatable bonds is 3. The van der Waals surface area contributed by atoms with Crippen LogP contribution in [0, 0.1) is 6.92 Å². The van der Waals surface area contributed by atoms with Gasteiger partial charge in [-0.3, -0.25) is 0 Å². The van der Waals surface area contributed by atoms with Crippen molar-refractivity contribution < 1.29 is 0 Å². The van der Waals surface area contributed by atoms with E-state index in [2.05, 4.69) is 29.9 Å². The Morgan fingerprint density at radius 2 is 1.83 bits per heavy atom. The van der Waals surface area contributed by atoms with Crippen molar-refractivity contribution in [3.8, 4) is 0 Å². The first-order valence-corrected chi connectivity index (χ1v) is 4.59. The van der Waals surface area contributed by atoms with Gasteiger partial charge >= 0.3 is 0 Å². The SMILES string of the molecule is CCCc1cc(CC)nc(C)n1. The van der Waals surface area contributed by atoms with Crippen molar-refractivity contribution in [1.82, 2.24) is 9.97 Å². The van der Waals surface area contributed by atoms with Crippen LogP contribution >= 0.6 is 0 Å². The van der Waals surface area contributed by atoms with Gasteiger partial charge in [0.25, 0.3) is 0 Å². The molecule has 2 nitrogen and oxygen atoms in total. The van der Waals surface area contributed by atoms with Crippen LogP contribution < -0.4 is 0 Å². The number of hydrogen-bond donors (Lipinski definition) is 0. The molecular formula is C10H16N2. The third kappa shape index (κ3) is 2.29. The van der Waals surface area contributed by atoms with Gasteiger partial charge in [0.2, 0.25) is 0 Å². The Kier molecular flexibility index (Phi) is 3.20. The first-order valence-electron chi connectivity index (χ1n) is 4.59. The minimum atomic E-state index is 0.901. The Balaban J connectivity index is 2.90. The monoisotopic (exact) mass is 164 g/mol. The highest BCUT2D eigenvalue weighted by atomic mass is 14.9. The lowest BCUT2D eigenvalue weighted by Gasteiger charge is -2.02. The highest BCUT2D eigenvalue weighted by Crippen LogP contribution is 2.04. The van der Waals surface area contributed by atoms with Gasteiger partial charge in [-0.15, -0.1) is 0 Å². The topological polar surface area (TPSA) is 25.8 Å². The van der Waals surface area contributed by atoms with Gasteiger partial charge in [-0.2, -0.15) is 0 Å². The third-order valence-corrected chi connectivity index (χ3v) is 1.81. The van der Waals surface area contributed by atoms with Crippen molar-refractivity contribution in [2.45, 2.75) is 40.0 Å². The van der Waals surface area contributed by atoms with E-state index in [0.29, 0.717) is 0 Å². The zero-order valence-electron chi connectivity index (χ0n) is 8.09. The van der Waals surface area contributed by atoms with Crippen LogP contribution in [0.1, 0.15) is 37.5 Å². The Morgan fingerprint density at radius 1 is 1.17 bits per heavy atom. The average molecular weight is 164 g/mol. The highest BCUT2D eigenvalue weighted by Gasteiger charge is 1.98. The van der Waals surface area contributed by atoms with E-state index in [1.165, 1.54) is 5.69 Å². The number of nitrogens with zero attached hydrogens (tertiary/aromatic N) is 2. The summed E-state index contributed by atoms with van der Waals surface area (Å²) in [5.74, 6) is 0.901. The Morgan fingerprint density at radius 3 is 2.42 bits per heavy atom. The summed E-state index contributed by atoms with van der Waals surface area (Å²) in [6.07, 6.45) is 3.22. The van der Waals surface area contributed by atoms with Crippen LogP contribution in [0.3, 0.4) is 0 Å². The summed E-state index contributed by atoms with van der Waals surface area (Å²) in [6, 6.07) is 2.11. The summed E-state index contributed by atoms with van der Waals surface area (Å²) in [6.45, 7) is 6.25. The molecule has 0 amide bonds. The molecule has 0 atom stereocenters. The molecule has 66 valence electrons. The number of aromatic nitrogens is 2. The Labute approximate surface area is 74.1 Å². The highest BCUT2D eigenvalue weighted by molar-refractivity contribution is 5.10. The van der Waals surface area contributed by atoms with Gasteiger partial charge in [-0.1, -0.05) is 20.3 Å². The van der Waals surface area contributed by atoms with Crippen LogP contribution in [0.4, 0.5) is 0 Å². The van der Waals surface area contributed by atoms with Gasteiger partial charge < -0.3 is 0 Å². The minimum Gasteiger partial charge on any atom is -0.238 e. The molecule has 12 heavy (non-hydrogen) atoms. The standard InChI is InChI=1S/C10H16N2/c1-4-6-10-7-9(5-2)11-8(3)12-10/h7H,4-6H2,1-3H3. The van der Waals surface area contributed by atoms with Gasteiger partial charge in [0.15, 0.2) is 0 Å².